The second kappa shape index (κ2) is 7.09. The normalized spacial score (nSPS) is 9.68. The van der Waals surface area contributed by atoms with E-state index in [9.17, 15) is 9.18 Å². The highest BCUT2D eigenvalue weighted by Crippen LogP contribution is 2.18. The third kappa shape index (κ3) is 3.96. The van der Waals surface area contributed by atoms with Gasteiger partial charge in [-0.1, -0.05) is 0 Å². The molecule has 0 amide bonds. The summed E-state index contributed by atoms with van der Waals surface area (Å²) in [6, 6.07) is 11.9. The molecule has 112 valence electrons. The van der Waals surface area contributed by atoms with Crippen LogP contribution < -0.4 is 14.2 Å². The molecule has 6 heteroatoms. The summed E-state index contributed by atoms with van der Waals surface area (Å²) in [5, 5.41) is 8.61. The van der Waals surface area contributed by atoms with Gasteiger partial charge in [-0.15, -0.1) is 0 Å². The lowest BCUT2D eigenvalue weighted by molar-refractivity contribution is -0.136. The first-order chi connectivity index (χ1) is 10.6. The van der Waals surface area contributed by atoms with E-state index in [1.165, 1.54) is 12.1 Å². The molecule has 0 spiro atoms. The zero-order valence-electron chi connectivity index (χ0n) is 11.7. The molecule has 0 saturated carbocycles. The summed E-state index contributed by atoms with van der Waals surface area (Å²) in [6.45, 7) is -0.325. The van der Waals surface area contributed by atoms with Gasteiger partial charge in [-0.05, 0) is 36.4 Å². The molecular weight excluding hydrogens is 289 g/mol. The molecule has 22 heavy (non-hydrogen) atoms. The van der Waals surface area contributed by atoms with Crippen LogP contribution in [-0.2, 0) is 4.79 Å². The van der Waals surface area contributed by atoms with Crippen molar-refractivity contribution in [3.63, 3.8) is 0 Å². The summed E-state index contributed by atoms with van der Waals surface area (Å²) in [5.41, 5.74) is -0.116. The first-order valence-electron chi connectivity index (χ1n) is 6.29. The van der Waals surface area contributed by atoms with Crippen molar-refractivity contribution in [2.45, 2.75) is 0 Å². The maximum atomic E-state index is 13.4. The van der Waals surface area contributed by atoms with Gasteiger partial charge in [-0.3, -0.25) is 0 Å². The Morgan fingerprint density at radius 1 is 1.14 bits per heavy atom. The summed E-state index contributed by atoms with van der Waals surface area (Å²) < 4.78 is 28.5. The number of hydrogen-bond acceptors (Lipinski definition) is 5. The Hall–Kier alpha value is -3.07. The molecule has 0 aliphatic heterocycles. The molecule has 0 unspecified atom stereocenters. The topological polar surface area (TPSA) is 68.6 Å². The Morgan fingerprint density at radius 3 is 2.36 bits per heavy atom. The van der Waals surface area contributed by atoms with Crippen molar-refractivity contribution in [1.29, 1.82) is 5.26 Å². The maximum Gasteiger partial charge on any atom is 0.349 e. The van der Waals surface area contributed by atoms with E-state index in [2.05, 4.69) is 0 Å². The highest BCUT2D eigenvalue weighted by molar-refractivity contribution is 5.74. The third-order valence-electron chi connectivity index (χ3n) is 2.71. The summed E-state index contributed by atoms with van der Waals surface area (Å²) in [5.74, 6) is -0.268. The third-order valence-corrected chi connectivity index (χ3v) is 2.71. The number of hydrogen-bond donors (Lipinski definition) is 0. The second-order valence-corrected chi connectivity index (χ2v) is 4.19. The van der Waals surface area contributed by atoms with E-state index in [1.807, 2.05) is 0 Å². The van der Waals surface area contributed by atoms with Gasteiger partial charge < -0.3 is 14.2 Å². The molecule has 0 aromatic heterocycles. The number of nitrogens with zero attached hydrogens (tertiary/aromatic N) is 1. The van der Waals surface area contributed by atoms with E-state index in [1.54, 1.807) is 37.4 Å². The average Bonchev–Trinajstić information content (AvgIpc) is 2.53. The lowest BCUT2D eigenvalue weighted by atomic mass is 10.2. The fourth-order valence-electron chi connectivity index (χ4n) is 1.63. The van der Waals surface area contributed by atoms with Crippen LogP contribution in [0.1, 0.15) is 5.56 Å². The van der Waals surface area contributed by atoms with Crippen molar-refractivity contribution in [3.8, 4) is 23.3 Å². The molecule has 2 rings (SSSR count). The number of methoxy groups -OCH3 is 1. The van der Waals surface area contributed by atoms with Crippen molar-refractivity contribution in [2.24, 2.45) is 0 Å². The molecule has 2 aromatic rings. The van der Waals surface area contributed by atoms with E-state index in [-0.39, 0.29) is 17.9 Å². The average molecular weight is 301 g/mol. The van der Waals surface area contributed by atoms with Crippen molar-refractivity contribution < 1.29 is 23.4 Å². The predicted octanol–water partition coefficient (Wildman–Crippen LogP) is 2.69. The number of benzene rings is 2. The molecule has 0 fully saturated rings. The molecule has 0 radical (unpaired) electrons. The van der Waals surface area contributed by atoms with E-state index >= 15 is 0 Å². The summed E-state index contributed by atoms with van der Waals surface area (Å²) in [4.78, 5) is 11.6. The van der Waals surface area contributed by atoms with E-state index < -0.39 is 11.8 Å². The zero-order chi connectivity index (χ0) is 15.9. The zero-order valence-corrected chi connectivity index (χ0v) is 11.7. The lowest BCUT2D eigenvalue weighted by Crippen LogP contribution is -2.17. The van der Waals surface area contributed by atoms with Crippen LogP contribution in [0.2, 0.25) is 0 Å². The molecule has 0 aliphatic carbocycles. The van der Waals surface area contributed by atoms with Crippen molar-refractivity contribution in [1.82, 2.24) is 0 Å². The number of rotatable bonds is 5. The van der Waals surface area contributed by atoms with Crippen LogP contribution in [0.4, 0.5) is 4.39 Å². The molecule has 0 heterocycles. The van der Waals surface area contributed by atoms with Crippen LogP contribution in [0, 0.1) is 17.1 Å². The van der Waals surface area contributed by atoms with Crippen molar-refractivity contribution in [3.05, 3.63) is 53.8 Å². The summed E-state index contributed by atoms with van der Waals surface area (Å²) in [6.07, 6.45) is 0. The van der Waals surface area contributed by atoms with Crippen molar-refractivity contribution >= 4 is 5.97 Å². The summed E-state index contributed by atoms with van der Waals surface area (Å²) in [7, 11) is 1.55. The van der Waals surface area contributed by atoms with Gasteiger partial charge in [-0.2, -0.15) is 5.26 Å². The SMILES string of the molecule is COc1ccc(OCC(=O)Oc2ccc(C#N)c(F)c2)cc1. The predicted molar refractivity (Wildman–Crippen MR) is 75.2 cm³/mol. The van der Waals surface area contributed by atoms with Crippen LogP contribution in [-0.4, -0.2) is 19.7 Å². The first-order valence-corrected chi connectivity index (χ1v) is 6.29. The Bertz CT molecular complexity index is 707. The van der Waals surface area contributed by atoms with Crippen LogP contribution >= 0.6 is 0 Å². The smallest absolute Gasteiger partial charge is 0.349 e. The number of nitriles is 1. The fraction of sp³-hybridized carbons (Fsp3) is 0.125. The number of carbonyl (C=O) groups excluding carboxylic acids is 1. The number of carbonyl (C=O) groups is 1. The second-order valence-electron chi connectivity index (χ2n) is 4.19. The largest absolute Gasteiger partial charge is 0.497 e. The Labute approximate surface area is 126 Å². The van der Waals surface area contributed by atoms with Crippen LogP contribution in [0.15, 0.2) is 42.5 Å². The number of ether oxygens (including phenoxy) is 3. The minimum atomic E-state index is -0.746. The Balaban J connectivity index is 1.90. The van der Waals surface area contributed by atoms with E-state index in [4.69, 9.17) is 19.5 Å². The van der Waals surface area contributed by atoms with Crippen LogP contribution in [0.3, 0.4) is 0 Å². The van der Waals surface area contributed by atoms with Gasteiger partial charge in [0, 0.05) is 6.07 Å². The van der Waals surface area contributed by atoms with Gasteiger partial charge in [0.1, 0.15) is 29.1 Å². The molecule has 0 saturated heterocycles. The molecule has 0 bridgehead atoms. The highest BCUT2D eigenvalue weighted by atomic mass is 19.1. The quantitative estimate of drug-likeness (QED) is 0.627. The van der Waals surface area contributed by atoms with Gasteiger partial charge in [-0.25, -0.2) is 9.18 Å². The van der Waals surface area contributed by atoms with Crippen molar-refractivity contribution in [2.75, 3.05) is 13.7 Å². The van der Waals surface area contributed by atoms with Crippen LogP contribution in [0.25, 0.3) is 0 Å². The first kappa shape index (κ1) is 15.3. The van der Waals surface area contributed by atoms with E-state index in [0.29, 0.717) is 11.5 Å². The minimum absolute atomic E-state index is 0.0137. The van der Waals surface area contributed by atoms with E-state index in [0.717, 1.165) is 6.07 Å². The molecule has 2 aromatic carbocycles. The lowest BCUT2D eigenvalue weighted by Gasteiger charge is -2.07. The minimum Gasteiger partial charge on any atom is -0.497 e. The van der Waals surface area contributed by atoms with Gasteiger partial charge in [0.25, 0.3) is 0 Å². The van der Waals surface area contributed by atoms with Crippen LogP contribution in [0.5, 0.6) is 17.2 Å². The maximum absolute atomic E-state index is 13.4. The Morgan fingerprint density at radius 2 is 1.77 bits per heavy atom. The molecule has 0 atom stereocenters. The standard InChI is InChI=1S/C16H12FNO4/c1-20-12-4-6-13(7-5-12)21-10-16(19)22-14-3-2-11(9-18)15(17)8-14/h2-8H,10H2,1H3. The number of esters is 1. The van der Waals surface area contributed by atoms with Gasteiger partial charge in [0.05, 0.1) is 12.7 Å². The monoisotopic (exact) mass is 301 g/mol. The summed E-state index contributed by atoms with van der Waals surface area (Å²) >= 11 is 0. The molecule has 5 nitrogen and oxygen atoms in total. The number of halogens is 1. The molecular formula is C16H12FNO4. The highest BCUT2D eigenvalue weighted by Gasteiger charge is 2.09. The molecule has 0 aliphatic rings. The molecule has 0 N–H and O–H groups in total. The van der Waals surface area contributed by atoms with Gasteiger partial charge >= 0.3 is 5.97 Å². The van der Waals surface area contributed by atoms with Gasteiger partial charge in [0.2, 0.25) is 0 Å². The Kier molecular flexibility index (Phi) is 4.94. The van der Waals surface area contributed by atoms with Gasteiger partial charge in [0.15, 0.2) is 6.61 Å². The fourth-order valence-corrected chi connectivity index (χ4v) is 1.63.